The molecule has 3 aliphatic carbocycles. The first-order chi connectivity index (χ1) is 13.6. The van der Waals surface area contributed by atoms with E-state index in [2.05, 4.69) is 110 Å². The van der Waals surface area contributed by atoms with Crippen molar-refractivity contribution in [3.63, 3.8) is 0 Å². The van der Waals surface area contributed by atoms with Gasteiger partial charge in [-0.2, -0.15) is 0 Å². The van der Waals surface area contributed by atoms with E-state index in [1.165, 1.54) is 40.3 Å². The molecule has 7 rings (SSSR count). The third-order valence-corrected chi connectivity index (χ3v) is 17.7. The van der Waals surface area contributed by atoms with Crippen LogP contribution in [0.3, 0.4) is 0 Å². The van der Waals surface area contributed by atoms with Crippen molar-refractivity contribution in [1.82, 2.24) is 0 Å². The van der Waals surface area contributed by atoms with Crippen molar-refractivity contribution < 1.29 is 48.0 Å². The third kappa shape index (κ3) is 2.94. The van der Waals surface area contributed by atoms with E-state index in [-0.39, 0.29) is 26.6 Å². The summed E-state index contributed by atoms with van der Waals surface area (Å²) in [5.74, 6) is 0.425. The fraction of sp³-hybridized carbons (Fsp3) is 0.0909. The molecule has 30 heavy (non-hydrogen) atoms. The Morgan fingerprint density at radius 3 is 2.73 bits per heavy atom. The molecule has 1 spiro atoms. The van der Waals surface area contributed by atoms with Gasteiger partial charge >= 0.3 is 206 Å². The minimum Gasteiger partial charge on any atom is -1.00 e. The maximum atomic E-state index is 3.98. The number of halogens is 4. The predicted molar refractivity (Wildman–Crippen MR) is 128 cm³/mol. The Hall–Kier alpha value is 0.743. The molecule has 2 atom stereocenters. The first kappa shape index (κ1) is 22.5. The molecule has 0 saturated carbocycles. The first-order valence-electron chi connectivity index (χ1n) is 8.94. The number of thioether (sulfide) groups is 2. The van der Waals surface area contributed by atoms with Crippen LogP contribution >= 0.6 is 66.7 Å². The summed E-state index contributed by atoms with van der Waals surface area (Å²) in [6.45, 7) is 0. The molecule has 0 nitrogen and oxygen atoms in total. The molecular weight excluding hydrogens is 682 g/mol. The third-order valence-electron chi connectivity index (χ3n) is 5.83. The summed E-state index contributed by atoms with van der Waals surface area (Å²) in [5, 5.41) is 0. The van der Waals surface area contributed by atoms with Crippen LogP contribution < -0.4 is 27.4 Å². The quantitative estimate of drug-likeness (QED) is 0.411. The monoisotopic (exact) mass is 688 g/mol. The van der Waals surface area contributed by atoms with E-state index in [0.29, 0.717) is 5.92 Å². The second kappa shape index (κ2) is 7.91. The molecule has 1 aromatic heterocycles. The standard InChI is InChI=1S/C22H10Br2S3.2ClH.Zr/c23-20-18-13(10-25-20)8-12-5-3-7-16(17(12)18)26-22-15-9-11-4-1-2-6-14(11)19(15)21(24)27-22;;;/h1-9,17H;2*1H;/q;;;+2/p-2. The van der Waals surface area contributed by atoms with Crippen LogP contribution in [0.25, 0.3) is 17.7 Å². The Morgan fingerprint density at radius 1 is 1.03 bits per heavy atom. The average Bonchev–Trinajstić information content (AvgIpc) is 3.38. The minimum atomic E-state index is -0.940. The maximum Gasteiger partial charge on any atom is -1.00 e. The van der Waals surface area contributed by atoms with Gasteiger partial charge in [-0.15, -0.1) is 0 Å². The van der Waals surface area contributed by atoms with Crippen molar-refractivity contribution in [3.05, 3.63) is 88.4 Å². The fourth-order valence-electron chi connectivity index (χ4n) is 4.68. The van der Waals surface area contributed by atoms with Gasteiger partial charge in [0.1, 0.15) is 0 Å². The molecule has 2 aliphatic heterocycles. The van der Waals surface area contributed by atoms with Crippen LogP contribution in [0, 0.1) is 0 Å². The predicted octanol–water partition coefficient (Wildman–Crippen LogP) is 1.47. The summed E-state index contributed by atoms with van der Waals surface area (Å²) in [5.41, 5.74) is 10.3. The first-order valence-corrected chi connectivity index (χ1v) is 15.4. The molecule has 0 amide bonds. The number of hydrogen-bond acceptors (Lipinski definition) is 3. The molecule has 1 aromatic carbocycles. The summed E-state index contributed by atoms with van der Waals surface area (Å²) in [6, 6.07) is 8.87. The minimum absolute atomic E-state index is 0. The van der Waals surface area contributed by atoms with Gasteiger partial charge in [0, 0.05) is 0 Å². The molecule has 0 radical (unpaired) electrons. The van der Waals surface area contributed by atoms with Gasteiger partial charge in [0.25, 0.3) is 0 Å². The molecule has 148 valence electrons. The van der Waals surface area contributed by atoms with E-state index in [1.54, 1.807) is 13.7 Å². The van der Waals surface area contributed by atoms with E-state index in [4.69, 9.17) is 0 Å². The average molecular weight is 692 g/mol. The molecule has 5 aliphatic rings. The molecule has 2 aromatic rings. The number of benzene rings is 1. The smallest absolute Gasteiger partial charge is 1.00 e. The van der Waals surface area contributed by atoms with Crippen LogP contribution in [0.5, 0.6) is 0 Å². The summed E-state index contributed by atoms with van der Waals surface area (Å²) < 4.78 is 4.52. The molecule has 8 heteroatoms. The number of thiophene rings is 1. The summed E-state index contributed by atoms with van der Waals surface area (Å²) in [4.78, 5) is 1.52. The zero-order valence-electron chi connectivity index (χ0n) is 15.0. The molecule has 0 N–H and O–H groups in total. The topological polar surface area (TPSA) is 0 Å². The molecule has 2 unspecified atom stereocenters. The fourth-order valence-corrected chi connectivity index (χ4v) is 21.7. The van der Waals surface area contributed by atoms with Crippen molar-refractivity contribution in [2.24, 2.45) is 0 Å². The van der Waals surface area contributed by atoms with Gasteiger partial charge < -0.3 is 24.8 Å². The van der Waals surface area contributed by atoms with Gasteiger partial charge in [0.15, 0.2) is 0 Å². The number of fused-ring (bicyclic) bond motifs is 4. The molecular formula is C22H10Br2Cl2S3Zr. The van der Waals surface area contributed by atoms with Gasteiger partial charge in [-0.05, 0) is 0 Å². The van der Waals surface area contributed by atoms with Gasteiger partial charge in [-0.25, -0.2) is 0 Å². The van der Waals surface area contributed by atoms with Gasteiger partial charge in [-0.1, -0.05) is 0 Å². The van der Waals surface area contributed by atoms with Crippen molar-refractivity contribution in [3.8, 4) is 0 Å². The number of rotatable bonds is 0. The Balaban J connectivity index is 0.000000963. The molecule has 0 fully saturated rings. The van der Waals surface area contributed by atoms with E-state index >= 15 is 0 Å². The van der Waals surface area contributed by atoms with E-state index in [0.717, 1.165) is 0 Å². The van der Waals surface area contributed by atoms with E-state index < -0.39 is 23.2 Å². The van der Waals surface area contributed by atoms with Crippen molar-refractivity contribution in [1.29, 1.82) is 0 Å². The van der Waals surface area contributed by atoms with Gasteiger partial charge in [0.05, 0.1) is 0 Å². The second-order valence-electron chi connectivity index (χ2n) is 7.28. The van der Waals surface area contributed by atoms with Gasteiger partial charge in [-0.3, -0.25) is 0 Å². The zero-order valence-corrected chi connectivity index (χ0v) is 24.6. The number of allylic oxidation sites excluding steroid dienone is 6. The summed E-state index contributed by atoms with van der Waals surface area (Å²) >= 11 is 13.2. The largest absolute Gasteiger partial charge is 1.00 e. The van der Waals surface area contributed by atoms with Crippen molar-refractivity contribution in [2.75, 3.05) is 0 Å². The Labute approximate surface area is 228 Å². The van der Waals surface area contributed by atoms with Crippen LogP contribution in [0.4, 0.5) is 0 Å². The van der Waals surface area contributed by atoms with Crippen LogP contribution in [-0.2, 0) is 23.2 Å². The van der Waals surface area contributed by atoms with Crippen molar-refractivity contribution in [2.45, 2.75) is 7.70 Å². The zero-order chi connectivity index (χ0) is 18.6. The second-order valence-corrected chi connectivity index (χ2v) is 20.1. The normalized spacial score (nSPS) is 25.7. The van der Waals surface area contributed by atoms with Crippen LogP contribution in [0.2, 0.25) is 0 Å². The van der Waals surface area contributed by atoms with Crippen molar-refractivity contribution >= 4 is 87.0 Å². The Morgan fingerprint density at radius 2 is 1.87 bits per heavy atom. The van der Waals surface area contributed by atoms with Crippen LogP contribution in [0.15, 0.2) is 66.1 Å². The van der Waals surface area contributed by atoms with Crippen LogP contribution in [-0.4, -0.2) is 1.79 Å². The van der Waals surface area contributed by atoms with Gasteiger partial charge in [0.2, 0.25) is 0 Å². The Kier molecular flexibility index (Phi) is 5.94. The molecule has 3 heterocycles. The maximum absolute atomic E-state index is 3.98. The Bertz CT molecular complexity index is 1290. The number of hydrogen-bond donors (Lipinski definition) is 0. The molecule has 0 saturated heterocycles. The van der Waals surface area contributed by atoms with Crippen LogP contribution in [0.1, 0.15) is 28.2 Å². The summed E-state index contributed by atoms with van der Waals surface area (Å²) in [6.07, 6.45) is 11.9. The van der Waals surface area contributed by atoms with E-state index in [9.17, 15) is 0 Å². The van der Waals surface area contributed by atoms with E-state index in [1.807, 2.05) is 11.3 Å². The summed E-state index contributed by atoms with van der Waals surface area (Å²) in [7, 11) is 0. The SMILES string of the molecule is BrC1=C2C(=Cc3ccccc32)[C]2(SC3=CC=CC4=Cc5[c](sc(Br)c5C43)[Zr+2]2)S1.[Cl-].[Cl-]. The molecule has 4 bridgehead atoms.